The first-order valence-electron chi connectivity index (χ1n) is 8.21. The number of nitrogen functional groups attached to an aromatic ring is 1. The van der Waals surface area contributed by atoms with Gasteiger partial charge >= 0.3 is 0 Å². The topological polar surface area (TPSA) is 92.5 Å². The van der Waals surface area contributed by atoms with E-state index in [-0.39, 0.29) is 5.82 Å². The van der Waals surface area contributed by atoms with Crippen molar-refractivity contribution in [3.8, 4) is 27.9 Å². The molecule has 0 aliphatic carbocycles. The van der Waals surface area contributed by atoms with E-state index < -0.39 is 0 Å². The Bertz CT molecular complexity index is 955. The molecule has 0 saturated heterocycles. The summed E-state index contributed by atoms with van der Waals surface area (Å²) in [7, 11) is 0. The van der Waals surface area contributed by atoms with Crippen LogP contribution in [0.25, 0.3) is 21.8 Å². The highest BCUT2D eigenvalue weighted by Crippen LogP contribution is 2.33. The summed E-state index contributed by atoms with van der Waals surface area (Å²) in [5.41, 5.74) is 9.90. The second kappa shape index (κ2) is 6.31. The van der Waals surface area contributed by atoms with Crippen molar-refractivity contribution >= 4 is 17.2 Å². The Hall–Kier alpha value is -2.69. The third kappa shape index (κ3) is 2.90. The fourth-order valence-corrected chi connectivity index (χ4v) is 3.90. The molecule has 4 heterocycles. The van der Waals surface area contributed by atoms with Crippen LogP contribution in [0.1, 0.15) is 22.6 Å². The highest BCUT2D eigenvalue weighted by atomic mass is 32.1. The Kier molecular flexibility index (Phi) is 3.99. The van der Waals surface area contributed by atoms with Gasteiger partial charge in [-0.1, -0.05) is 0 Å². The van der Waals surface area contributed by atoms with E-state index in [0.29, 0.717) is 5.56 Å². The van der Waals surface area contributed by atoms with E-state index in [9.17, 15) is 5.26 Å². The Morgan fingerprint density at radius 1 is 1.32 bits per heavy atom. The van der Waals surface area contributed by atoms with Crippen molar-refractivity contribution in [1.82, 2.24) is 20.1 Å². The summed E-state index contributed by atoms with van der Waals surface area (Å²) in [6.07, 6.45) is 1.04. The van der Waals surface area contributed by atoms with Gasteiger partial charge in [0.25, 0.3) is 0 Å². The molecule has 1 aliphatic rings. The molecule has 0 aromatic carbocycles. The van der Waals surface area contributed by atoms with Crippen LogP contribution in [0.3, 0.4) is 0 Å². The van der Waals surface area contributed by atoms with Gasteiger partial charge in [0.15, 0.2) is 0 Å². The summed E-state index contributed by atoms with van der Waals surface area (Å²) in [6.45, 7) is 4.71. The molecule has 0 unspecified atom stereocenters. The third-order valence-electron chi connectivity index (χ3n) is 4.32. The number of pyridine rings is 1. The summed E-state index contributed by atoms with van der Waals surface area (Å²) in [5.74, 6) is 0.252. The number of nitriles is 1. The number of hydrogen-bond donors (Lipinski definition) is 2. The third-order valence-corrected chi connectivity index (χ3v) is 5.34. The molecule has 0 fully saturated rings. The summed E-state index contributed by atoms with van der Waals surface area (Å²) in [4.78, 5) is 6.68. The largest absolute Gasteiger partial charge is 0.383 e. The van der Waals surface area contributed by atoms with Crippen LogP contribution >= 0.6 is 11.3 Å². The first-order valence-corrected chi connectivity index (χ1v) is 9.02. The van der Waals surface area contributed by atoms with E-state index in [0.717, 1.165) is 53.6 Å². The van der Waals surface area contributed by atoms with Crippen LogP contribution in [0.15, 0.2) is 24.3 Å². The molecule has 25 heavy (non-hydrogen) atoms. The summed E-state index contributed by atoms with van der Waals surface area (Å²) < 4.78 is 2.02. The molecular weight excluding hydrogens is 332 g/mol. The van der Waals surface area contributed by atoms with Crippen molar-refractivity contribution in [3.05, 3.63) is 40.4 Å². The van der Waals surface area contributed by atoms with Crippen molar-refractivity contribution in [3.63, 3.8) is 0 Å². The van der Waals surface area contributed by atoms with Crippen LogP contribution in [-0.4, -0.2) is 21.3 Å². The van der Waals surface area contributed by atoms with Gasteiger partial charge in [-0.2, -0.15) is 10.4 Å². The summed E-state index contributed by atoms with van der Waals surface area (Å²) in [5, 5.41) is 17.7. The zero-order valence-corrected chi connectivity index (χ0v) is 14.7. The average Bonchev–Trinajstić information content (AvgIpc) is 3.15. The van der Waals surface area contributed by atoms with Gasteiger partial charge in [0, 0.05) is 23.5 Å². The zero-order valence-electron chi connectivity index (χ0n) is 13.9. The highest BCUT2D eigenvalue weighted by Gasteiger charge is 2.18. The molecule has 0 saturated carbocycles. The molecule has 0 radical (unpaired) electrons. The number of nitrogens with zero attached hydrogens (tertiary/aromatic N) is 4. The van der Waals surface area contributed by atoms with Gasteiger partial charge in [-0.15, -0.1) is 11.3 Å². The lowest BCUT2D eigenvalue weighted by Gasteiger charge is -2.07. The standard InChI is InChI=1S/C18H18N6S/c1-11-3-4-17(25-11)16-8-13(14(9-19)18(20)22-16)15-7-12-10-21-5-2-6-24(12)23-15/h3-4,7-8,21H,2,5-6,10H2,1H3,(H2,20,22). The first-order chi connectivity index (χ1) is 12.2. The second-order valence-corrected chi connectivity index (χ2v) is 7.40. The molecule has 0 bridgehead atoms. The molecular formula is C18H18N6S. The van der Waals surface area contributed by atoms with E-state index in [1.54, 1.807) is 11.3 Å². The number of thiophene rings is 1. The van der Waals surface area contributed by atoms with Gasteiger partial charge in [-0.3, -0.25) is 4.68 Å². The monoisotopic (exact) mass is 350 g/mol. The highest BCUT2D eigenvalue weighted by molar-refractivity contribution is 7.15. The predicted octanol–water partition coefficient (Wildman–Crippen LogP) is 2.93. The minimum absolute atomic E-state index is 0.252. The summed E-state index contributed by atoms with van der Waals surface area (Å²) in [6, 6.07) is 10.2. The smallest absolute Gasteiger partial charge is 0.142 e. The fourth-order valence-electron chi connectivity index (χ4n) is 3.08. The molecule has 3 aromatic rings. The molecule has 0 amide bonds. The maximum Gasteiger partial charge on any atom is 0.142 e. The van der Waals surface area contributed by atoms with Crippen LogP contribution in [0.4, 0.5) is 5.82 Å². The Balaban J connectivity index is 1.86. The molecule has 7 heteroatoms. The lowest BCUT2D eigenvalue weighted by atomic mass is 10.0. The number of aryl methyl sites for hydroxylation is 2. The summed E-state index contributed by atoms with van der Waals surface area (Å²) >= 11 is 1.66. The van der Waals surface area contributed by atoms with Crippen molar-refractivity contribution in [1.29, 1.82) is 5.26 Å². The van der Waals surface area contributed by atoms with Gasteiger partial charge < -0.3 is 11.1 Å². The van der Waals surface area contributed by atoms with Crippen molar-refractivity contribution < 1.29 is 0 Å². The van der Waals surface area contributed by atoms with Gasteiger partial charge in [0.05, 0.1) is 22.0 Å². The molecule has 0 atom stereocenters. The molecule has 0 spiro atoms. The van der Waals surface area contributed by atoms with Crippen molar-refractivity contribution in [2.75, 3.05) is 12.3 Å². The number of fused-ring (bicyclic) bond motifs is 1. The number of nitrogens with two attached hydrogens (primary N) is 1. The molecule has 3 aromatic heterocycles. The lowest BCUT2D eigenvalue weighted by Crippen LogP contribution is -2.11. The van der Waals surface area contributed by atoms with Crippen LogP contribution in [0, 0.1) is 18.3 Å². The molecule has 4 rings (SSSR count). The molecule has 6 nitrogen and oxygen atoms in total. The van der Waals surface area contributed by atoms with Gasteiger partial charge in [-0.25, -0.2) is 4.98 Å². The van der Waals surface area contributed by atoms with E-state index in [1.807, 2.05) is 22.9 Å². The first kappa shape index (κ1) is 15.8. The van der Waals surface area contributed by atoms with E-state index in [1.165, 1.54) is 4.88 Å². The molecule has 1 aliphatic heterocycles. The molecule has 3 N–H and O–H groups in total. The quantitative estimate of drug-likeness (QED) is 0.741. The van der Waals surface area contributed by atoms with Crippen LogP contribution in [0.5, 0.6) is 0 Å². The van der Waals surface area contributed by atoms with E-state index in [2.05, 4.69) is 29.4 Å². The Morgan fingerprint density at radius 3 is 2.96 bits per heavy atom. The van der Waals surface area contributed by atoms with E-state index in [4.69, 9.17) is 10.8 Å². The minimum atomic E-state index is 0.252. The fraction of sp³-hybridized carbons (Fsp3) is 0.278. The second-order valence-electron chi connectivity index (χ2n) is 6.11. The average molecular weight is 350 g/mol. The minimum Gasteiger partial charge on any atom is -0.383 e. The van der Waals surface area contributed by atoms with Crippen molar-refractivity contribution in [2.24, 2.45) is 0 Å². The zero-order chi connectivity index (χ0) is 17.4. The Morgan fingerprint density at radius 2 is 2.20 bits per heavy atom. The van der Waals surface area contributed by atoms with Crippen LogP contribution in [-0.2, 0) is 13.1 Å². The van der Waals surface area contributed by atoms with Gasteiger partial charge in [0.1, 0.15) is 17.5 Å². The van der Waals surface area contributed by atoms with Crippen LogP contribution < -0.4 is 11.1 Å². The predicted molar refractivity (Wildman–Crippen MR) is 99.0 cm³/mol. The SMILES string of the molecule is Cc1ccc(-c2cc(-c3cc4n(n3)CCCNC4)c(C#N)c(N)n2)s1. The lowest BCUT2D eigenvalue weighted by molar-refractivity contribution is 0.589. The number of aromatic nitrogens is 3. The Labute approximate surface area is 149 Å². The number of rotatable bonds is 2. The van der Waals surface area contributed by atoms with Crippen LogP contribution in [0.2, 0.25) is 0 Å². The van der Waals surface area contributed by atoms with Gasteiger partial charge in [0.2, 0.25) is 0 Å². The molecule has 126 valence electrons. The normalized spacial score (nSPS) is 13.9. The number of nitrogens with one attached hydrogen (secondary N) is 1. The number of anilines is 1. The maximum absolute atomic E-state index is 9.56. The van der Waals surface area contributed by atoms with E-state index >= 15 is 0 Å². The van der Waals surface area contributed by atoms with Gasteiger partial charge in [-0.05, 0) is 44.2 Å². The van der Waals surface area contributed by atoms with Crippen molar-refractivity contribution in [2.45, 2.75) is 26.4 Å². The number of hydrogen-bond acceptors (Lipinski definition) is 6. The maximum atomic E-state index is 9.56.